The number of aliphatic hydroxyl groups is 2. The fourth-order valence-corrected chi connectivity index (χ4v) is 7.90. The van der Waals surface area contributed by atoms with Gasteiger partial charge >= 0.3 is 0 Å². The maximum Gasteiger partial charge on any atom is 0.280 e. The van der Waals surface area contributed by atoms with Gasteiger partial charge in [-0.05, 0) is 0 Å². The topological polar surface area (TPSA) is 272 Å². The van der Waals surface area contributed by atoms with E-state index in [-0.39, 0.29) is 34.1 Å². The third-order valence-corrected chi connectivity index (χ3v) is 10.1. The molecule has 6 radical (unpaired) electrons. The number of thiol groups is 1. The number of nitrogens with two attached hydrogens (primary N) is 2. The zero-order valence-electron chi connectivity index (χ0n) is 22.7. The number of imidazole rings is 2. The van der Waals surface area contributed by atoms with E-state index in [4.69, 9.17) is 54.2 Å². The highest BCUT2D eigenvalue weighted by Crippen LogP contribution is 2.64. The molecule has 7 rings (SSSR count). The molecular weight excluding hydrogens is 656 g/mol. The van der Waals surface area contributed by atoms with Crippen LogP contribution in [0.4, 0.5) is 11.8 Å². The molecule has 7 heterocycles. The summed E-state index contributed by atoms with van der Waals surface area (Å²) in [5.41, 5.74) is 11.4. The lowest BCUT2D eigenvalue weighted by molar-refractivity contribution is -0.0558. The van der Waals surface area contributed by atoms with Crippen molar-refractivity contribution in [3.05, 3.63) is 29.3 Å². The summed E-state index contributed by atoms with van der Waals surface area (Å²) in [5.74, 6) is -0.0943. The first kappa shape index (κ1) is 30.9. The van der Waals surface area contributed by atoms with Crippen molar-refractivity contribution in [1.29, 1.82) is 0 Å². The minimum absolute atomic E-state index is 0.0138. The number of nitrogens with zero attached hydrogens (tertiary/aromatic N) is 7. The highest BCUT2D eigenvalue weighted by atomic mass is 32.7. The number of hydrogen-bond acceptors (Lipinski definition) is 18. The van der Waals surface area contributed by atoms with E-state index in [2.05, 4.69) is 42.2 Å². The van der Waals surface area contributed by atoms with Crippen LogP contribution in [0.15, 0.2) is 23.8 Å². The minimum atomic E-state index is -4.47. The molecule has 3 aliphatic rings. The molecule has 236 valence electrons. The van der Waals surface area contributed by atoms with Gasteiger partial charge in [0.1, 0.15) is 49.0 Å². The molecule has 25 heteroatoms. The van der Waals surface area contributed by atoms with Gasteiger partial charge in [0.25, 0.3) is 5.56 Å². The molecule has 4 unspecified atom stereocenters. The summed E-state index contributed by atoms with van der Waals surface area (Å²) >= 11 is 4.40. The molecule has 4 aromatic rings. The number of rotatable bonds is 2. The molecule has 2 bridgehead atoms. The number of aliphatic hydroxyl groups excluding tert-OH is 2. The maximum atomic E-state index is 13.4. The van der Waals surface area contributed by atoms with Gasteiger partial charge in [-0.3, -0.25) is 23.4 Å². The average molecular weight is 679 g/mol. The summed E-state index contributed by atoms with van der Waals surface area (Å²) in [5, 5.41) is 22.5. The van der Waals surface area contributed by atoms with E-state index in [1.807, 2.05) is 0 Å². The van der Waals surface area contributed by atoms with E-state index in [0.29, 0.717) is 0 Å². The summed E-state index contributed by atoms with van der Waals surface area (Å²) in [6.45, 7) is -4.63. The first-order valence-corrected chi connectivity index (χ1v) is 17.5. The Hall–Kier alpha value is -2.68. The summed E-state index contributed by atoms with van der Waals surface area (Å²) in [6, 6.07) is 0. The number of nitrogens with one attached hydrogen (secondary N) is 1. The monoisotopic (exact) mass is 679 g/mol. The van der Waals surface area contributed by atoms with Crippen molar-refractivity contribution in [1.82, 2.24) is 39.0 Å². The van der Waals surface area contributed by atoms with Crippen LogP contribution in [0.5, 0.6) is 0 Å². The zero-order valence-corrected chi connectivity index (χ0v) is 25.4. The number of H-pyrrole nitrogens is 1. The van der Waals surface area contributed by atoms with Crippen molar-refractivity contribution in [2.45, 2.75) is 49.1 Å². The van der Waals surface area contributed by atoms with E-state index in [9.17, 15) is 19.6 Å². The number of fused-ring (bicyclic) bond motifs is 5. The molecule has 4 aromatic heterocycles. The lowest BCUT2D eigenvalue weighted by atomic mass is 10.1. The summed E-state index contributed by atoms with van der Waals surface area (Å²) < 4.78 is 50.9. The molecule has 45 heavy (non-hydrogen) atoms. The number of anilines is 2. The molecule has 0 spiro atoms. The smallest absolute Gasteiger partial charge is 0.280 e. The van der Waals surface area contributed by atoms with Gasteiger partial charge in [0.15, 0.2) is 41.2 Å². The van der Waals surface area contributed by atoms with Gasteiger partial charge in [0.2, 0.25) is 5.95 Å². The first-order valence-electron chi connectivity index (χ1n) is 13.1. The van der Waals surface area contributed by atoms with Gasteiger partial charge in [-0.25, -0.2) is 32.0 Å². The molecule has 0 aromatic carbocycles. The average Bonchev–Trinajstić information content (AvgIpc) is 3.72. The van der Waals surface area contributed by atoms with Gasteiger partial charge in [0.05, 0.1) is 33.5 Å². The number of aromatic nitrogens is 8. The van der Waals surface area contributed by atoms with Crippen LogP contribution in [-0.4, -0.2) is 114 Å². The van der Waals surface area contributed by atoms with Crippen molar-refractivity contribution in [3.63, 3.8) is 0 Å². The number of aromatic amines is 1. The third kappa shape index (κ3) is 5.55. The Kier molecular flexibility index (Phi) is 7.73. The normalized spacial score (nSPS) is 37.7. The van der Waals surface area contributed by atoms with E-state index in [1.165, 1.54) is 28.1 Å². The van der Waals surface area contributed by atoms with Crippen LogP contribution < -0.4 is 17.0 Å². The van der Waals surface area contributed by atoms with Crippen LogP contribution in [0.2, 0.25) is 0 Å². The molecule has 0 saturated carbocycles. The van der Waals surface area contributed by atoms with E-state index >= 15 is 0 Å². The molecule has 3 fully saturated rings. The summed E-state index contributed by atoms with van der Waals surface area (Å²) in [7, 11) is 7.79. The van der Waals surface area contributed by atoms with Gasteiger partial charge in [0, 0.05) is 12.2 Å². The Morgan fingerprint density at radius 3 is 2.49 bits per heavy atom. The Balaban J connectivity index is 1.20. The predicted octanol–water partition coefficient (Wildman–Crippen LogP) is -1.49. The largest absolute Gasteiger partial charge is 0.444 e. The maximum absolute atomic E-state index is 13.4. The molecule has 7 N–H and O–H groups in total. The van der Waals surface area contributed by atoms with E-state index < -0.39 is 82.1 Å². The van der Waals surface area contributed by atoms with Crippen LogP contribution >= 0.6 is 26.5 Å². The second-order valence-corrected chi connectivity index (χ2v) is 15.1. The van der Waals surface area contributed by atoms with Crippen LogP contribution in [0.3, 0.4) is 0 Å². The minimum Gasteiger partial charge on any atom is -0.444 e. The van der Waals surface area contributed by atoms with Crippen molar-refractivity contribution < 1.29 is 42.3 Å². The Morgan fingerprint density at radius 2 is 1.71 bits per heavy atom. The molecule has 10 atom stereocenters. The van der Waals surface area contributed by atoms with Crippen LogP contribution in [0.1, 0.15) is 12.5 Å². The molecule has 3 saturated heterocycles. The quantitative estimate of drug-likeness (QED) is 0.0800. The van der Waals surface area contributed by atoms with E-state index in [1.54, 1.807) is 0 Å². The van der Waals surface area contributed by atoms with Gasteiger partial charge < -0.3 is 52.3 Å². The van der Waals surface area contributed by atoms with Crippen LogP contribution in [0, 0.1) is 0 Å². The molecule has 20 nitrogen and oxygen atoms in total. The Bertz CT molecular complexity index is 1880. The SMILES string of the molecule is [B-]P1(=O)OC[C@H]2O[C@@H](n3cnc4c(=O)[nH]c(N)nc43)C(O[P+]([B-])(S)OC[C@H]3O[C@@H](n4cnc5c(N)ncnc54)[C@@H](O)C3O1)[C@H]2O. The summed E-state index contributed by atoms with van der Waals surface area (Å²) in [6.07, 6.45) is -6.73. The highest BCUT2D eigenvalue weighted by molar-refractivity contribution is 8.57. The van der Waals surface area contributed by atoms with Crippen LogP contribution in [-0.2, 0) is 32.1 Å². The fraction of sp³-hybridized carbons (Fsp3) is 0.500. The third-order valence-electron chi connectivity index (χ3n) is 7.39. The molecule has 3 aliphatic heterocycles. The first-order chi connectivity index (χ1) is 21.3. The lowest BCUT2D eigenvalue weighted by Crippen LogP contribution is -2.36. The number of hydrogen-bond donors (Lipinski definition) is 6. The second-order valence-electron chi connectivity index (χ2n) is 10.3. The van der Waals surface area contributed by atoms with Crippen molar-refractivity contribution >= 4 is 75.7 Å². The lowest BCUT2D eigenvalue weighted by Gasteiger charge is -2.34. The fourth-order valence-electron chi connectivity index (χ4n) is 5.36. The molecule has 0 amide bonds. The Morgan fingerprint density at radius 1 is 1.00 bits per heavy atom. The second kappa shape index (κ2) is 11.2. The van der Waals surface area contributed by atoms with Gasteiger partial charge in [-0.1, -0.05) is 0 Å². The highest BCUT2D eigenvalue weighted by Gasteiger charge is 2.52. The van der Waals surface area contributed by atoms with Crippen molar-refractivity contribution in [2.24, 2.45) is 0 Å². The number of nitrogen functional groups attached to an aromatic ring is 2. The Labute approximate surface area is 260 Å². The van der Waals surface area contributed by atoms with E-state index in [0.717, 1.165) is 0 Å². The van der Waals surface area contributed by atoms with Crippen LogP contribution in [0.25, 0.3) is 22.3 Å². The number of ether oxygens (including phenoxy) is 2. The predicted molar refractivity (Wildman–Crippen MR) is 159 cm³/mol. The van der Waals surface area contributed by atoms with Gasteiger partial charge in [-0.15, -0.1) is 0 Å². The zero-order chi connectivity index (χ0) is 31.8. The molecular formula is C20H23B2N10O10P2S-. The van der Waals surface area contributed by atoms with Crippen molar-refractivity contribution in [2.75, 3.05) is 24.7 Å². The molecule has 0 aliphatic carbocycles. The summed E-state index contributed by atoms with van der Waals surface area (Å²) in [4.78, 5) is 35.1. The van der Waals surface area contributed by atoms with Gasteiger partial charge in [-0.2, -0.15) is 4.98 Å². The standard InChI is InChI=1S/C20H22B2N10O10P2S/c21-43(36)37-1-6-10(33)13(19(39-6)32-5-28-9-16(32)29-20(24)30-17(9)35)42-44(22,45)38-2-7-12(41-43)11(34)18(40-7)31-4-27-8-14(23)25-3-26-15(8)31/h3-7,10-13,18-19,33-34,45H,1-2H2,(H4-,23,24,25,26,29,30,35)/q-2/p+1/t6-,7-,10+,11+,12?,13?,18-,19-,43?,44?/m1/s1. The van der Waals surface area contributed by atoms with Crippen molar-refractivity contribution in [3.8, 4) is 0 Å².